The Morgan fingerprint density at radius 1 is 1.17 bits per heavy atom. The molecule has 0 N–H and O–H groups in total. The lowest BCUT2D eigenvalue weighted by molar-refractivity contribution is 0.503. The zero-order valence-electron chi connectivity index (χ0n) is 10.4. The molecule has 2 atom stereocenters. The topological polar surface area (TPSA) is 0 Å². The summed E-state index contributed by atoms with van der Waals surface area (Å²) in [7, 11) is 0. The van der Waals surface area contributed by atoms with Gasteiger partial charge in [-0.3, -0.25) is 0 Å². The average Bonchev–Trinajstić information content (AvgIpc) is 2.50. The molecule has 0 spiro atoms. The highest BCUT2D eigenvalue weighted by Crippen LogP contribution is 2.41. The van der Waals surface area contributed by atoms with E-state index in [0.717, 1.165) is 23.3 Å². The molecule has 2 aromatic rings. The summed E-state index contributed by atoms with van der Waals surface area (Å²) in [5, 5.41) is 3.35. The molecule has 2 unspecified atom stereocenters. The fourth-order valence-electron chi connectivity index (χ4n) is 2.96. The van der Waals surface area contributed by atoms with E-state index in [0.29, 0.717) is 5.92 Å². The first-order valence-corrected chi connectivity index (χ1v) is 7.32. The Morgan fingerprint density at radius 2 is 1.89 bits per heavy atom. The SMILES string of the molecule is CC1CCc2c(cc(Cl)c3ccccc23)C(Cl)C1. The highest BCUT2D eigenvalue weighted by atomic mass is 35.5. The Labute approximate surface area is 118 Å². The van der Waals surface area contributed by atoms with Gasteiger partial charge in [0.05, 0.1) is 5.38 Å². The van der Waals surface area contributed by atoms with E-state index in [-0.39, 0.29) is 5.38 Å². The number of fused-ring (bicyclic) bond motifs is 3. The van der Waals surface area contributed by atoms with Crippen molar-refractivity contribution >= 4 is 34.0 Å². The van der Waals surface area contributed by atoms with Crippen LogP contribution in [0.15, 0.2) is 30.3 Å². The molecular formula is C16H16Cl2. The lowest BCUT2D eigenvalue weighted by atomic mass is 9.95. The van der Waals surface area contributed by atoms with Crippen LogP contribution in [0, 0.1) is 5.92 Å². The van der Waals surface area contributed by atoms with E-state index in [1.54, 1.807) is 0 Å². The monoisotopic (exact) mass is 278 g/mol. The summed E-state index contributed by atoms with van der Waals surface area (Å²) in [6.45, 7) is 2.28. The Morgan fingerprint density at radius 3 is 2.67 bits per heavy atom. The van der Waals surface area contributed by atoms with Crippen LogP contribution in [0.4, 0.5) is 0 Å². The number of alkyl halides is 1. The molecule has 18 heavy (non-hydrogen) atoms. The number of aryl methyl sites for hydroxylation is 1. The number of hydrogen-bond donors (Lipinski definition) is 0. The van der Waals surface area contributed by atoms with E-state index in [1.807, 2.05) is 6.07 Å². The zero-order valence-corrected chi connectivity index (χ0v) is 11.9. The zero-order chi connectivity index (χ0) is 12.7. The number of hydrogen-bond acceptors (Lipinski definition) is 0. The molecule has 2 heteroatoms. The highest BCUT2D eigenvalue weighted by molar-refractivity contribution is 6.36. The van der Waals surface area contributed by atoms with Crippen LogP contribution in [-0.4, -0.2) is 0 Å². The van der Waals surface area contributed by atoms with Crippen LogP contribution in [0.3, 0.4) is 0 Å². The summed E-state index contributed by atoms with van der Waals surface area (Å²) in [6.07, 6.45) is 3.36. The second-order valence-corrected chi connectivity index (χ2v) is 6.25. The van der Waals surface area contributed by atoms with Gasteiger partial charge in [-0.05, 0) is 47.8 Å². The maximum absolute atomic E-state index is 6.56. The van der Waals surface area contributed by atoms with Gasteiger partial charge in [-0.15, -0.1) is 11.6 Å². The van der Waals surface area contributed by atoms with Crippen molar-refractivity contribution in [1.82, 2.24) is 0 Å². The molecular weight excluding hydrogens is 263 g/mol. The third-order valence-electron chi connectivity index (χ3n) is 3.97. The number of halogens is 2. The molecule has 0 aliphatic heterocycles. The van der Waals surface area contributed by atoms with Crippen LogP contribution in [0.1, 0.15) is 36.3 Å². The molecule has 0 bridgehead atoms. The molecule has 3 rings (SSSR count). The second kappa shape index (κ2) is 4.75. The van der Waals surface area contributed by atoms with Crippen LogP contribution >= 0.6 is 23.2 Å². The molecule has 1 aliphatic carbocycles. The number of benzene rings is 2. The van der Waals surface area contributed by atoms with Gasteiger partial charge in [0.25, 0.3) is 0 Å². The van der Waals surface area contributed by atoms with Gasteiger partial charge in [0.1, 0.15) is 0 Å². The minimum Gasteiger partial charge on any atom is -0.118 e. The maximum Gasteiger partial charge on any atom is 0.0591 e. The Hall–Kier alpha value is -0.720. The van der Waals surface area contributed by atoms with E-state index >= 15 is 0 Å². The van der Waals surface area contributed by atoms with Crippen molar-refractivity contribution in [3.63, 3.8) is 0 Å². The van der Waals surface area contributed by atoms with Crippen molar-refractivity contribution in [2.45, 2.75) is 31.6 Å². The van der Waals surface area contributed by atoms with E-state index in [4.69, 9.17) is 23.2 Å². The largest absolute Gasteiger partial charge is 0.118 e. The molecule has 0 heterocycles. The van der Waals surface area contributed by atoms with E-state index in [2.05, 4.69) is 31.2 Å². The van der Waals surface area contributed by atoms with Gasteiger partial charge < -0.3 is 0 Å². The summed E-state index contributed by atoms with van der Waals surface area (Å²) in [6, 6.07) is 10.5. The fraction of sp³-hybridized carbons (Fsp3) is 0.375. The van der Waals surface area contributed by atoms with Crippen LogP contribution in [0.2, 0.25) is 5.02 Å². The molecule has 0 saturated carbocycles. The molecule has 1 aliphatic rings. The molecule has 0 aromatic heterocycles. The van der Waals surface area contributed by atoms with Gasteiger partial charge in [0.15, 0.2) is 0 Å². The standard InChI is InChI=1S/C16H16Cl2/c1-10-6-7-12-11-4-2-3-5-13(11)16(18)9-14(12)15(17)8-10/h2-5,9-10,15H,6-8H2,1H3. The third kappa shape index (κ3) is 2.02. The van der Waals surface area contributed by atoms with Crippen molar-refractivity contribution in [1.29, 1.82) is 0 Å². The fourth-order valence-corrected chi connectivity index (χ4v) is 3.74. The number of rotatable bonds is 0. The second-order valence-electron chi connectivity index (χ2n) is 5.32. The molecule has 0 saturated heterocycles. The average molecular weight is 279 g/mol. The van der Waals surface area contributed by atoms with Crippen molar-refractivity contribution in [2.75, 3.05) is 0 Å². The molecule has 0 fully saturated rings. The summed E-state index contributed by atoms with van der Waals surface area (Å²) in [5.74, 6) is 0.678. The van der Waals surface area contributed by atoms with Gasteiger partial charge in [-0.25, -0.2) is 0 Å². The Bertz CT molecular complexity index is 589. The van der Waals surface area contributed by atoms with E-state index in [1.165, 1.54) is 22.9 Å². The molecule has 0 nitrogen and oxygen atoms in total. The normalized spacial score (nSPS) is 23.7. The van der Waals surface area contributed by atoms with Crippen LogP contribution in [-0.2, 0) is 6.42 Å². The minimum absolute atomic E-state index is 0.0969. The Balaban J connectivity index is 2.28. The van der Waals surface area contributed by atoms with Crippen molar-refractivity contribution < 1.29 is 0 Å². The summed E-state index contributed by atoms with van der Waals surface area (Å²) in [5.41, 5.74) is 2.64. The first-order valence-electron chi connectivity index (χ1n) is 6.51. The van der Waals surface area contributed by atoms with Gasteiger partial charge in [0.2, 0.25) is 0 Å². The summed E-state index contributed by atoms with van der Waals surface area (Å²) >= 11 is 13.0. The van der Waals surface area contributed by atoms with Crippen LogP contribution in [0.25, 0.3) is 10.8 Å². The van der Waals surface area contributed by atoms with Gasteiger partial charge in [-0.1, -0.05) is 42.8 Å². The summed E-state index contributed by atoms with van der Waals surface area (Å²) < 4.78 is 0. The van der Waals surface area contributed by atoms with Crippen molar-refractivity contribution in [3.8, 4) is 0 Å². The van der Waals surface area contributed by atoms with Crippen molar-refractivity contribution in [2.24, 2.45) is 5.92 Å². The van der Waals surface area contributed by atoms with Crippen LogP contribution < -0.4 is 0 Å². The van der Waals surface area contributed by atoms with Crippen molar-refractivity contribution in [3.05, 3.63) is 46.5 Å². The summed E-state index contributed by atoms with van der Waals surface area (Å²) in [4.78, 5) is 0. The van der Waals surface area contributed by atoms with Gasteiger partial charge in [0, 0.05) is 10.4 Å². The third-order valence-corrected chi connectivity index (χ3v) is 4.70. The lowest BCUT2D eigenvalue weighted by Crippen LogP contribution is -1.96. The molecule has 0 radical (unpaired) electrons. The minimum atomic E-state index is 0.0969. The van der Waals surface area contributed by atoms with E-state index in [9.17, 15) is 0 Å². The lowest BCUT2D eigenvalue weighted by Gasteiger charge is -2.15. The molecule has 0 amide bonds. The van der Waals surface area contributed by atoms with Gasteiger partial charge >= 0.3 is 0 Å². The van der Waals surface area contributed by atoms with Crippen LogP contribution in [0.5, 0.6) is 0 Å². The highest BCUT2D eigenvalue weighted by Gasteiger charge is 2.23. The quantitative estimate of drug-likeness (QED) is 0.425. The smallest absolute Gasteiger partial charge is 0.0591 e. The van der Waals surface area contributed by atoms with E-state index < -0.39 is 0 Å². The Kier molecular flexibility index (Phi) is 3.25. The predicted molar refractivity (Wildman–Crippen MR) is 79.7 cm³/mol. The first kappa shape index (κ1) is 12.3. The maximum atomic E-state index is 6.56. The van der Waals surface area contributed by atoms with Gasteiger partial charge in [-0.2, -0.15) is 0 Å². The predicted octanol–water partition coefficient (Wildman–Crippen LogP) is 5.75. The first-order chi connectivity index (χ1) is 8.66. The molecule has 94 valence electrons. The molecule has 2 aromatic carbocycles.